The van der Waals surface area contributed by atoms with Crippen molar-refractivity contribution in [1.82, 2.24) is 9.80 Å². The molecule has 12 heteroatoms. The molecule has 2 fully saturated rings. The maximum atomic E-state index is 14.3. The number of hydrogen-bond donors (Lipinski definition) is 0. The minimum Gasteiger partial charge on any atom is -0.407 e. The summed E-state index contributed by atoms with van der Waals surface area (Å²) in [6, 6.07) is 4.78. The van der Waals surface area contributed by atoms with Gasteiger partial charge in [0.05, 0.1) is 10.0 Å². The van der Waals surface area contributed by atoms with Crippen molar-refractivity contribution in [2.45, 2.75) is 35.5 Å². The number of hydrogen-bond acceptors (Lipinski definition) is 6. The van der Waals surface area contributed by atoms with Gasteiger partial charge < -0.3 is 19.3 Å². The zero-order valence-electron chi connectivity index (χ0n) is 17.8. The number of carbonyl (C=O) groups excluding carboxylic acids is 2. The summed E-state index contributed by atoms with van der Waals surface area (Å²) in [5.41, 5.74) is 0. The van der Waals surface area contributed by atoms with Gasteiger partial charge in [-0.3, -0.25) is 0 Å². The average molecular weight is 549 g/mol. The largest absolute Gasteiger partial charge is 0.415 e. The number of ether oxygens (including phenoxy) is 2. The van der Waals surface area contributed by atoms with Crippen LogP contribution in [0.3, 0.4) is 0 Å². The van der Waals surface area contributed by atoms with Crippen LogP contribution >= 0.6 is 44.8 Å². The van der Waals surface area contributed by atoms with Crippen LogP contribution in [0.1, 0.15) is 25.7 Å². The lowest BCUT2D eigenvalue weighted by atomic mass is 10.3. The topological polar surface area (TPSA) is 59.1 Å². The van der Waals surface area contributed by atoms with E-state index in [1.807, 2.05) is 0 Å². The van der Waals surface area contributed by atoms with E-state index in [1.165, 1.54) is 21.9 Å². The van der Waals surface area contributed by atoms with Crippen molar-refractivity contribution in [3.05, 3.63) is 45.9 Å². The zero-order chi connectivity index (χ0) is 24.2. The Kier molecular flexibility index (Phi) is 8.34. The van der Waals surface area contributed by atoms with Crippen LogP contribution < -0.4 is 9.47 Å². The molecule has 0 aromatic heterocycles. The van der Waals surface area contributed by atoms with Crippen LogP contribution in [0.2, 0.25) is 10.0 Å². The molecule has 2 aromatic rings. The van der Waals surface area contributed by atoms with E-state index in [4.69, 9.17) is 32.7 Å². The molecule has 4 rings (SSSR count). The summed E-state index contributed by atoms with van der Waals surface area (Å²) in [6.45, 7) is 2.27. The summed E-state index contributed by atoms with van der Waals surface area (Å²) in [7, 11) is 2.22. The first-order valence-electron chi connectivity index (χ1n) is 10.6. The second-order valence-electron chi connectivity index (χ2n) is 7.72. The molecule has 0 N–H and O–H groups in total. The van der Waals surface area contributed by atoms with E-state index in [1.54, 1.807) is 0 Å². The van der Waals surface area contributed by atoms with Crippen molar-refractivity contribution in [1.29, 1.82) is 0 Å². The van der Waals surface area contributed by atoms with E-state index in [2.05, 4.69) is 0 Å². The molecule has 0 saturated carbocycles. The van der Waals surface area contributed by atoms with Crippen LogP contribution in [-0.2, 0) is 0 Å². The average Bonchev–Trinajstić information content (AvgIpc) is 3.51. The van der Waals surface area contributed by atoms with Crippen LogP contribution in [0, 0.1) is 11.6 Å². The highest BCUT2D eigenvalue weighted by atomic mass is 35.5. The van der Waals surface area contributed by atoms with Gasteiger partial charge in [-0.25, -0.2) is 18.4 Å². The van der Waals surface area contributed by atoms with Gasteiger partial charge in [0.2, 0.25) is 0 Å². The highest BCUT2D eigenvalue weighted by Crippen LogP contribution is 2.46. The first-order valence-corrected chi connectivity index (χ1v) is 13.5. The lowest BCUT2D eigenvalue weighted by Gasteiger charge is -2.16. The zero-order valence-corrected chi connectivity index (χ0v) is 21.0. The smallest absolute Gasteiger partial charge is 0.407 e. The SMILES string of the molecule is O=C(Oc1cc(SSc2cc(OC(=O)N3CCCC3)c(F)cc2Cl)c(Cl)cc1F)N1CCCC1. The van der Waals surface area contributed by atoms with Crippen molar-refractivity contribution >= 4 is 57.0 Å². The van der Waals surface area contributed by atoms with Crippen molar-refractivity contribution in [2.75, 3.05) is 26.2 Å². The Morgan fingerprint density at radius 2 is 1.06 bits per heavy atom. The van der Waals surface area contributed by atoms with Gasteiger partial charge in [0.1, 0.15) is 0 Å². The molecule has 0 spiro atoms. The third-order valence-electron chi connectivity index (χ3n) is 5.32. The van der Waals surface area contributed by atoms with E-state index in [0.717, 1.165) is 59.4 Å². The van der Waals surface area contributed by atoms with Gasteiger partial charge in [0, 0.05) is 48.1 Å². The van der Waals surface area contributed by atoms with Crippen molar-refractivity contribution in [3.63, 3.8) is 0 Å². The maximum Gasteiger partial charge on any atom is 0.415 e. The Labute approximate surface area is 213 Å². The summed E-state index contributed by atoms with van der Waals surface area (Å²) in [4.78, 5) is 28.3. The van der Waals surface area contributed by atoms with Crippen molar-refractivity contribution < 1.29 is 27.8 Å². The Bertz CT molecular complexity index is 1010. The molecule has 2 aliphatic rings. The van der Waals surface area contributed by atoms with E-state index in [9.17, 15) is 18.4 Å². The van der Waals surface area contributed by atoms with Crippen LogP contribution in [0.5, 0.6) is 11.5 Å². The van der Waals surface area contributed by atoms with Gasteiger partial charge in [-0.2, -0.15) is 0 Å². The van der Waals surface area contributed by atoms with E-state index < -0.39 is 23.8 Å². The minimum absolute atomic E-state index is 0.106. The van der Waals surface area contributed by atoms with Gasteiger partial charge in [0.15, 0.2) is 23.1 Å². The molecule has 6 nitrogen and oxygen atoms in total. The molecule has 0 unspecified atom stereocenters. The Hall–Kier alpha value is -1.88. The Balaban J connectivity index is 1.46. The quantitative estimate of drug-likeness (QED) is 0.366. The number of benzene rings is 2. The molecule has 0 atom stereocenters. The van der Waals surface area contributed by atoms with Crippen LogP contribution in [0.15, 0.2) is 34.1 Å². The molecular weight excluding hydrogens is 529 g/mol. The van der Waals surface area contributed by atoms with E-state index >= 15 is 0 Å². The third kappa shape index (κ3) is 6.02. The molecule has 34 heavy (non-hydrogen) atoms. The lowest BCUT2D eigenvalue weighted by Crippen LogP contribution is -2.30. The first kappa shape index (κ1) is 25.2. The Morgan fingerprint density at radius 3 is 1.41 bits per heavy atom. The number of nitrogens with zero attached hydrogens (tertiary/aromatic N) is 2. The minimum atomic E-state index is -0.761. The summed E-state index contributed by atoms with van der Waals surface area (Å²) < 4.78 is 39.1. The molecule has 2 saturated heterocycles. The molecular formula is C22H20Cl2F2N2O4S2. The second-order valence-corrected chi connectivity index (χ2v) is 10.7. The summed E-state index contributed by atoms with van der Waals surface area (Å²) in [5.74, 6) is -2.00. The number of carbonyl (C=O) groups is 2. The molecule has 0 bridgehead atoms. The predicted octanol–water partition coefficient (Wildman–Crippen LogP) is 7.26. The lowest BCUT2D eigenvalue weighted by molar-refractivity contribution is 0.160. The first-order chi connectivity index (χ1) is 16.3. The van der Waals surface area contributed by atoms with Crippen LogP contribution in [0.25, 0.3) is 0 Å². The highest BCUT2D eigenvalue weighted by Gasteiger charge is 2.24. The fourth-order valence-corrected chi connectivity index (χ4v) is 6.45. The monoisotopic (exact) mass is 548 g/mol. The third-order valence-corrected chi connectivity index (χ3v) is 8.61. The van der Waals surface area contributed by atoms with Crippen molar-refractivity contribution in [2.24, 2.45) is 0 Å². The number of halogens is 4. The molecule has 0 radical (unpaired) electrons. The molecule has 2 heterocycles. The fraction of sp³-hybridized carbons (Fsp3) is 0.364. The second kappa shape index (κ2) is 11.2. The molecule has 2 aromatic carbocycles. The summed E-state index contributed by atoms with van der Waals surface area (Å²) >= 11 is 12.4. The number of likely N-dealkylation sites (tertiary alicyclic amines) is 2. The van der Waals surface area contributed by atoms with Gasteiger partial charge in [-0.15, -0.1) is 0 Å². The van der Waals surface area contributed by atoms with Gasteiger partial charge in [0.25, 0.3) is 0 Å². The van der Waals surface area contributed by atoms with E-state index in [0.29, 0.717) is 36.0 Å². The maximum absolute atomic E-state index is 14.3. The Morgan fingerprint density at radius 1 is 0.706 bits per heavy atom. The van der Waals surface area contributed by atoms with Gasteiger partial charge >= 0.3 is 12.2 Å². The van der Waals surface area contributed by atoms with Gasteiger partial charge in [-0.1, -0.05) is 44.8 Å². The number of rotatable bonds is 5. The van der Waals surface area contributed by atoms with Crippen LogP contribution in [0.4, 0.5) is 18.4 Å². The molecule has 182 valence electrons. The fourth-order valence-electron chi connectivity index (χ4n) is 3.51. The van der Waals surface area contributed by atoms with Crippen molar-refractivity contribution in [3.8, 4) is 11.5 Å². The van der Waals surface area contributed by atoms with Gasteiger partial charge in [-0.05, 0) is 37.8 Å². The highest BCUT2D eigenvalue weighted by molar-refractivity contribution is 8.76. The molecule has 0 aliphatic carbocycles. The summed E-state index contributed by atoms with van der Waals surface area (Å²) in [5, 5.41) is 0.213. The standard InChI is InChI=1S/C22H20Cl2F2N2O4S2/c23-13-9-15(25)17(31-21(29)27-5-1-2-6-27)11-19(13)33-34-20-12-18(16(26)10-14(20)24)32-22(30)28-7-3-4-8-28/h9-12H,1-8H2. The van der Waals surface area contributed by atoms with E-state index in [-0.39, 0.29) is 21.5 Å². The predicted molar refractivity (Wildman–Crippen MR) is 128 cm³/mol. The molecule has 2 amide bonds. The normalized spacial score (nSPS) is 15.6. The number of amides is 2. The van der Waals surface area contributed by atoms with Crippen LogP contribution in [-0.4, -0.2) is 48.2 Å². The summed E-state index contributed by atoms with van der Waals surface area (Å²) in [6.07, 6.45) is 2.28. The molecule has 2 aliphatic heterocycles.